The fraction of sp³-hybridized carbons (Fsp3) is 0.318. The number of aliphatic hydroxyl groups is 5. The van der Waals surface area contributed by atoms with Gasteiger partial charge >= 0.3 is 0 Å². The quantitative estimate of drug-likeness (QED) is 0.309. The van der Waals surface area contributed by atoms with E-state index in [9.17, 15) is 35.4 Å². The lowest BCUT2D eigenvalue weighted by Gasteiger charge is -2.39. The molecule has 2 heterocycles. The molecule has 5 atom stereocenters. The average molecular weight is 446 g/mol. The van der Waals surface area contributed by atoms with Gasteiger partial charge in [-0.05, 0) is 29.8 Å². The third kappa shape index (κ3) is 3.84. The molecular weight excluding hydrogens is 424 g/mol. The Kier molecular flexibility index (Phi) is 6.15. The van der Waals surface area contributed by atoms with Crippen molar-refractivity contribution in [2.75, 3.05) is 6.61 Å². The Morgan fingerprint density at radius 2 is 1.66 bits per heavy atom. The fourth-order valence-electron chi connectivity index (χ4n) is 3.63. The van der Waals surface area contributed by atoms with E-state index in [1.54, 1.807) is 12.1 Å². The molecule has 0 amide bonds. The highest BCUT2D eigenvalue weighted by atomic mass is 16.7. The van der Waals surface area contributed by atoms with Crippen LogP contribution in [-0.4, -0.2) is 68.0 Å². The van der Waals surface area contributed by atoms with E-state index in [-0.39, 0.29) is 39.0 Å². The molecule has 2 aromatic carbocycles. The van der Waals surface area contributed by atoms with Crippen molar-refractivity contribution in [3.8, 4) is 22.6 Å². The molecule has 6 N–H and O–H groups in total. The van der Waals surface area contributed by atoms with E-state index in [4.69, 9.17) is 13.9 Å². The van der Waals surface area contributed by atoms with Gasteiger partial charge in [0.2, 0.25) is 11.7 Å². The van der Waals surface area contributed by atoms with Gasteiger partial charge in [-0.2, -0.15) is 0 Å². The number of ether oxygens (including phenoxy) is 2. The summed E-state index contributed by atoms with van der Waals surface area (Å²) in [5, 5.41) is 58.9. The van der Waals surface area contributed by atoms with Crippen LogP contribution in [0.4, 0.5) is 0 Å². The van der Waals surface area contributed by atoms with Gasteiger partial charge in [0.25, 0.3) is 0 Å². The number of rotatable bonds is 5. The van der Waals surface area contributed by atoms with E-state index in [0.717, 1.165) is 0 Å². The second-order valence-corrected chi connectivity index (χ2v) is 7.42. The second kappa shape index (κ2) is 8.87. The molecule has 0 radical (unpaired) electrons. The average Bonchev–Trinajstić information content (AvgIpc) is 2.80. The summed E-state index contributed by atoms with van der Waals surface area (Å²) in [6.45, 7) is -1.20. The maximum absolute atomic E-state index is 13.0. The molecule has 4 rings (SSSR count). The van der Waals surface area contributed by atoms with Gasteiger partial charge < -0.3 is 44.5 Å². The Labute approximate surface area is 181 Å². The second-order valence-electron chi connectivity index (χ2n) is 7.42. The van der Waals surface area contributed by atoms with Crippen molar-refractivity contribution in [1.29, 1.82) is 0 Å². The lowest BCUT2D eigenvalue weighted by molar-refractivity contribution is -0.277. The Morgan fingerprint density at radius 3 is 2.31 bits per heavy atom. The minimum atomic E-state index is -1.64. The number of phenols is 1. The Hall–Kier alpha value is -2.99. The van der Waals surface area contributed by atoms with Gasteiger partial charge in [0.05, 0.1) is 29.7 Å². The molecule has 0 aliphatic carbocycles. The van der Waals surface area contributed by atoms with Crippen molar-refractivity contribution < 1.29 is 44.5 Å². The van der Waals surface area contributed by atoms with E-state index in [1.807, 2.05) is 0 Å². The zero-order valence-corrected chi connectivity index (χ0v) is 16.7. The molecule has 170 valence electrons. The van der Waals surface area contributed by atoms with Crippen LogP contribution in [0.3, 0.4) is 0 Å². The summed E-state index contributed by atoms with van der Waals surface area (Å²) in [6, 6.07) is 8.81. The lowest BCUT2D eigenvalue weighted by Crippen LogP contribution is -2.60. The van der Waals surface area contributed by atoms with E-state index in [1.165, 1.54) is 30.5 Å². The maximum atomic E-state index is 13.0. The molecule has 1 fully saturated rings. The van der Waals surface area contributed by atoms with E-state index >= 15 is 0 Å². The van der Waals surface area contributed by atoms with Crippen LogP contribution < -0.4 is 10.2 Å². The highest BCUT2D eigenvalue weighted by Gasteiger charge is 2.45. The maximum Gasteiger partial charge on any atom is 0.229 e. The first-order valence-corrected chi connectivity index (χ1v) is 9.80. The normalized spacial score (nSPS) is 25.7. The molecular formula is C22H22O10. The number of aromatic hydroxyl groups is 1. The van der Waals surface area contributed by atoms with Gasteiger partial charge in [-0.15, -0.1) is 0 Å². The summed E-state index contributed by atoms with van der Waals surface area (Å²) in [6.07, 6.45) is -6.21. The summed E-state index contributed by atoms with van der Waals surface area (Å²) in [7, 11) is 0. The SMILES string of the molecule is O=c1c(-c2ccc(O)cc2)coc2c(CO)c(O[C@@H]3O[C@H](CO)[C@@H](O)[C@H](O)[C@H]3O)ccc12. The molecule has 0 unspecified atom stereocenters. The van der Waals surface area contributed by atoms with E-state index in [0.29, 0.717) is 5.56 Å². The Morgan fingerprint density at radius 1 is 0.938 bits per heavy atom. The predicted octanol–water partition coefficient (Wildman–Crippen LogP) is -0.163. The molecule has 0 spiro atoms. The molecule has 10 nitrogen and oxygen atoms in total. The number of phenolic OH excluding ortho intramolecular Hbond substituents is 1. The number of hydrogen-bond donors (Lipinski definition) is 6. The van der Waals surface area contributed by atoms with Gasteiger partial charge in [0.1, 0.15) is 47.8 Å². The molecule has 0 bridgehead atoms. The molecule has 3 aromatic rings. The van der Waals surface area contributed by atoms with Gasteiger partial charge in [0, 0.05) is 0 Å². The molecule has 1 aliphatic heterocycles. The van der Waals surface area contributed by atoms with Crippen molar-refractivity contribution in [3.05, 3.63) is 58.4 Å². The van der Waals surface area contributed by atoms with Crippen molar-refractivity contribution in [2.45, 2.75) is 37.3 Å². The number of aliphatic hydroxyl groups excluding tert-OH is 5. The van der Waals surface area contributed by atoms with E-state index in [2.05, 4.69) is 0 Å². The minimum absolute atomic E-state index is 0.0184. The fourth-order valence-corrected chi connectivity index (χ4v) is 3.63. The number of hydrogen-bond acceptors (Lipinski definition) is 10. The molecule has 1 aliphatic rings. The zero-order valence-electron chi connectivity index (χ0n) is 16.7. The predicted molar refractivity (Wildman–Crippen MR) is 110 cm³/mol. The highest BCUT2D eigenvalue weighted by molar-refractivity contribution is 5.85. The summed E-state index contributed by atoms with van der Waals surface area (Å²) in [5.41, 5.74) is 0.580. The lowest BCUT2D eigenvalue weighted by atomic mass is 9.99. The summed E-state index contributed by atoms with van der Waals surface area (Å²) < 4.78 is 16.6. The zero-order chi connectivity index (χ0) is 23.0. The van der Waals surface area contributed by atoms with Crippen LogP contribution in [-0.2, 0) is 11.3 Å². The van der Waals surface area contributed by atoms with Crippen molar-refractivity contribution in [1.82, 2.24) is 0 Å². The summed E-state index contributed by atoms with van der Waals surface area (Å²) in [5.74, 6) is 0.0707. The van der Waals surface area contributed by atoms with Crippen LogP contribution in [0, 0.1) is 0 Å². The van der Waals surface area contributed by atoms with Crippen LogP contribution in [0.2, 0.25) is 0 Å². The van der Waals surface area contributed by atoms with Crippen LogP contribution in [0.15, 0.2) is 51.9 Å². The molecule has 32 heavy (non-hydrogen) atoms. The molecule has 0 saturated carbocycles. The van der Waals surface area contributed by atoms with Crippen molar-refractivity contribution in [3.63, 3.8) is 0 Å². The number of fused-ring (bicyclic) bond motifs is 1. The molecule has 1 saturated heterocycles. The standard InChI is InChI=1S/C22H22O10/c23-7-13-15(31-22-20(29)19(28)18(27)16(8-24)32-22)6-5-12-17(26)14(9-30-21(12)13)10-1-3-11(25)4-2-10/h1-6,9,16,18-20,22-25,27-29H,7-8H2/t16-,18-,19+,20-,22-/m1/s1. The highest BCUT2D eigenvalue weighted by Crippen LogP contribution is 2.32. The smallest absolute Gasteiger partial charge is 0.229 e. The third-order valence-electron chi connectivity index (χ3n) is 5.43. The Bertz CT molecular complexity index is 1150. The molecule has 10 heteroatoms. The van der Waals surface area contributed by atoms with Crippen LogP contribution in [0.1, 0.15) is 5.56 Å². The van der Waals surface area contributed by atoms with Crippen LogP contribution >= 0.6 is 0 Å². The van der Waals surface area contributed by atoms with Gasteiger partial charge in [-0.3, -0.25) is 4.79 Å². The van der Waals surface area contributed by atoms with Gasteiger partial charge in [-0.1, -0.05) is 12.1 Å². The first-order valence-electron chi connectivity index (χ1n) is 9.80. The number of benzene rings is 2. The summed E-state index contributed by atoms with van der Waals surface area (Å²) >= 11 is 0. The third-order valence-corrected chi connectivity index (χ3v) is 5.43. The first kappa shape index (κ1) is 22.2. The topological polar surface area (TPSA) is 170 Å². The van der Waals surface area contributed by atoms with Gasteiger partial charge in [0.15, 0.2) is 0 Å². The Balaban J connectivity index is 1.72. The minimum Gasteiger partial charge on any atom is -0.508 e. The van der Waals surface area contributed by atoms with Crippen molar-refractivity contribution >= 4 is 11.0 Å². The summed E-state index contributed by atoms with van der Waals surface area (Å²) in [4.78, 5) is 13.0. The van der Waals surface area contributed by atoms with Crippen molar-refractivity contribution in [2.24, 2.45) is 0 Å². The van der Waals surface area contributed by atoms with Crippen LogP contribution in [0.5, 0.6) is 11.5 Å². The largest absolute Gasteiger partial charge is 0.508 e. The van der Waals surface area contributed by atoms with Gasteiger partial charge in [-0.25, -0.2) is 0 Å². The molecule has 1 aromatic heterocycles. The van der Waals surface area contributed by atoms with Crippen LogP contribution in [0.25, 0.3) is 22.1 Å². The first-order chi connectivity index (χ1) is 15.3. The van der Waals surface area contributed by atoms with E-state index < -0.39 is 43.9 Å². The monoisotopic (exact) mass is 446 g/mol.